The van der Waals surface area contributed by atoms with Gasteiger partial charge in [0, 0.05) is 10.6 Å². The molecule has 35 heavy (non-hydrogen) atoms. The number of amides is 1. The van der Waals surface area contributed by atoms with Crippen molar-refractivity contribution in [1.29, 1.82) is 0 Å². The smallest absolute Gasteiger partial charge is 0.265 e. The van der Waals surface area contributed by atoms with Gasteiger partial charge in [0.15, 0.2) is 5.75 Å². The number of nitrogens with zero attached hydrogens (tertiary/aromatic N) is 1. The van der Waals surface area contributed by atoms with Crippen molar-refractivity contribution in [2.75, 3.05) is 0 Å². The first-order valence-corrected chi connectivity index (χ1v) is 13.4. The quantitative estimate of drug-likeness (QED) is 0.170. The van der Waals surface area contributed by atoms with Gasteiger partial charge >= 0.3 is 0 Å². The molecule has 0 aliphatic rings. The Labute approximate surface area is 216 Å². The Balaban J connectivity index is 1.54. The molecule has 6 nitrogen and oxygen atoms in total. The van der Waals surface area contributed by atoms with E-state index in [4.69, 9.17) is 28.0 Å². The van der Waals surface area contributed by atoms with Crippen LogP contribution in [0.15, 0.2) is 76.8 Å². The lowest BCUT2D eigenvalue weighted by atomic mass is 10.1. The SMILES string of the molecule is CCCCCCc1ccc(/C=N/Oc2ccc(C(=O)NS(=O)(=O)c3ccc(Cl)cc3Cl)cc2)cc1. The molecule has 0 heterocycles. The Bertz CT molecular complexity index is 1280. The van der Waals surface area contributed by atoms with Gasteiger partial charge in [0.1, 0.15) is 4.90 Å². The molecule has 0 unspecified atom stereocenters. The highest BCUT2D eigenvalue weighted by Crippen LogP contribution is 2.25. The third kappa shape index (κ3) is 8.09. The average molecular weight is 533 g/mol. The van der Waals surface area contributed by atoms with Crippen LogP contribution >= 0.6 is 23.2 Å². The van der Waals surface area contributed by atoms with E-state index in [0.29, 0.717) is 5.75 Å². The number of benzene rings is 3. The minimum Gasteiger partial charge on any atom is -0.357 e. The summed E-state index contributed by atoms with van der Waals surface area (Å²) in [5.41, 5.74) is 2.34. The molecular formula is C26H26Cl2N2O4S. The highest BCUT2D eigenvalue weighted by Gasteiger charge is 2.21. The van der Waals surface area contributed by atoms with Gasteiger partial charge in [-0.05, 0) is 66.4 Å². The molecule has 0 spiro atoms. The Morgan fingerprint density at radius 3 is 2.34 bits per heavy atom. The Morgan fingerprint density at radius 2 is 1.69 bits per heavy atom. The summed E-state index contributed by atoms with van der Waals surface area (Å²) in [6.45, 7) is 2.20. The highest BCUT2D eigenvalue weighted by molar-refractivity contribution is 7.90. The molecule has 0 saturated heterocycles. The largest absolute Gasteiger partial charge is 0.357 e. The number of aryl methyl sites for hydroxylation is 1. The van der Waals surface area contributed by atoms with E-state index in [1.54, 1.807) is 6.21 Å². The lowest BCUT2D eigenvalue weighted by Crippen LogP contribution is -2.30. The summed E-state index contributed by atoms with van der Waals surface area (Å²) in [6, 6.07) is 18.0. The minimum absolute atomic E-state index is 0.0824. The van der Waals surface area contributed by atoms with Crippen LogP contribution in [0.4, 0.5) is 0 Å². The summed E-state index contributed by atoms with van der Waals surface area (Å²) in [5.74, 6) is -0.408. The van der Waals surface area contributed by atoms with Crippen LogP contribution in [0.25, 0.3) is 0 Å². The Morgan fingerprint density at radius 1 is 0.971 bits per heavy atom. The van der Waals surface area contributed by atoms with E-state index in [0.717, 1.165) is 12.0 Å². The molecule has 0 aliphatic carbocycles. The second-order valence-electron chi connectivity index (χ2n) is 7.91. The number of oxime groups is 1. The molecule has 0 atom stereocenters. The van der Waals surface area contributed by atoms with Crippen LogP contribution in [0, 0.1) is 0 Å². The summed E-state index contributed by atoms with van der Waals surface area (Å²) in [6.07, 6.45) is 7.61. The van der Waals surface area contributed by atoms with Crippen LogP contribution in [-0.4, -0.2) is 20.5 Å². The normalized spacial score (nSPS) is 11.5. The maximum atomic E-state index is 12.5. The number of hydrogen-bond acceptors (Lipinski definition) is 5. The molecule has 1 amide bonds. The summed E-state index contributed by atoms with van der Waals surface area (Å²) >= 11 is 11.7. The molecule has 3 aromatic rings. The molecular weight excluding hydrogens is 507 g/mol. The van der Waals surface area contributed by atoms with Crippen LogP contribution in [-0.2, 0) is 16.4 Å². The summed E-state index contributed by atoms with van der Waals surface area (Å²) in [7, 11) is -4.17. The number of unbranched alkanes of at least 4 members (excludes halogenated alkanes) is 3. The summed E-state index contributed by atoms with van der Waals surface area (Å²) in [5, 5.41) is 4.17. The number of sulfonamides is 1. The standard InChI is InChI=1S/C26H26Cl2N2O4S/c1-2-3-4-5-6-19-7-9-20(10-8-19)18-29-34-23-14-11-21(12-15-23)26(31)30-35(32,33)25-16-13-22(27)17-24(25)28/h7-18H,2-6H2,1H3,(H,30,31)/b29-18+. The number of carbonyl (C=O) groups is 1. The predicted octanol–water partition coefficient (Wildman–Crippen LogP) is 6.65. The number of halogens is 2. The molecule has 0 saturated carbocycles. The van der Waals surface area contributed by atoms with E-state index >= 15 is 0 Å². The van der Waals surface area contributed by atoms with Crippen molar-refractivity contribution in [3.63, 3.8) is 0 Å². The molecule has 0 aromatic heterocycles. The highest BCUT2D eigenvalue weighted by atomic mass is 35.5. The molecule has 3 aromatic carbocycles. The van der Waals surface area contributed by atoms with Gasteiger partial charge in [0.2, 0.25) is 0 Å². The topological polar surface area (TPSA) is 84.8 Å². The molecule has 0 fully saturated rings. The first-order chi connectivity index (χ1) is 16.8. The molecule has 0 bridgehead atoms. The lowest BCUT2D eigenvalue weighted by molar-refractivity contribution is 0.0981. The zero-order chi connectivity index (χ0) is 25.3. The van der Waals surface area contributed by atoms with E-state index in [-0.39, 0.29) is 20.5 Å². The van der Waals surface area contributed by atoms with E-state index in [9.17, 15) is 13.2 Å². The monoisotopic (exact) mass is 532 g/mol. The molecule has 9 heteroatoms. The summed E-state index contributed by atoms with van der Waals surface area (Å²) < 4.78 is 27.0. The zero-order valence-corrected chi connectivity index (χ0v) is 21.5. The molecule has 184 valence electrons. The van der Waals surface area contributed by atoms with Crippen LogP contribution in [0.2, 0.25) is 10.0 Å². The number of nitrogens with one attached hydrogen (secondary N) is 1. The van der Waals surface area contributed by atoms with Crippen molar-refractivity contribution in [3.05, 3.63) is 93.5 Å². The van der Waals surface area contributed by atoms with Crippen molar-refractivity contribution >= 4 is 45.3 Å². The van der Waals surface area contributed by atoms with Gasteiger partial charge in [0.05, 0.1) is 11.2 Å². The van der Waals surface area contributed by atoms with Crippen LogP contribution in [0.3, 0.4) is 0 Å². The maximum Gasteiger partial charge on any atom is 0.265 e. The van der Waals surface area contributed by atoms with Crippen LogP contribution < -0.4 is 9.56 Å². The van der Waals surface area contributed by atoms with E-state index in [1.807, 2.05) is 16.9 Å². The molecule has 3 rings (SSSR count). The Hall–Kier alpha value is -2.87. The third-order valence-corrected chi connectivity index (χ3v) is 7.23. The second-order valence-corrected chi connectivity index (χ2v) is 10.4. The van der Waals surface area contributed by atoms with Gasteiger partial charge in [-0.2, -0.15) is 0 Å². The lowest BCUT2D eigenvalue weighted by Gasteiger charge is -2.09. The minimum atomic E-state index is -4.17. The fraction of sp³-hybridized carbons (Fsp3) is 0.231. The maximum absolute atomic E-state index is 12.5. The summed E-state index contributed by atoms with van der Waals surface area (Å²) in [4.78, 5) is 17.5. The Kier molecular flexibility index (Phi) is 9.72. The van der Waals surface area contributed by atoms with Gasteiger partial charge in [-0.15, -0.1) is 0 Å². The van der Waals surface area contributed by atoms with Crippen LogP contribution in [0.1, 0.15) is 54.1 Å². The van der Waals surface area contributed by atoms with Gasteiger partial charge in [-0.1, -0.05) is 78.8 Å². The van der Waals surface area contributed by atoms with E-state index in [2.05, 4.69) is 24.2 Å². The first kappa shape index (κ1) is 26.7. The van der Waals surface area contributed by atoms with E-state index < -0.39 is 15.9 Å². The van der Waals surface area contributed by atoms with Crippen molar-refractivity contribution in [2.45, 2.75) is 43.9 Å². The van der Waals surface area contributed by atoms with Crippen molar-refractivity contribution in [2.24, 2.45) is 5.16 Å². The van der Waals surface area contributed by atoms with Gasteiger partial charge in [0.25, 0.3) is 15.9 Å². The number of carbonyl (C=O) groups excluding carboxylic acids is 1. The fourth-order valence-electron chi connectivity index (χ4n) is 3.27. The second kappa shape index (κ2) is 12.7. The van der Waals surface area contributed by atoms with Gasteiger partial charge < -0.3 is 4.84 Å². The third-order valence-electron chi connectivity index (χ3n) is 5.19. The van der Waals surface area contributed by atoms with Crippen molar-refractivity contribution in [1.82, 2.24) is 4.72 Å². The van der Waals surface area contributed by atoms with Crippen molar-refractivity contribution in [3.8, 4) is 5.75 Å². The average Bonchev–Trinajstić information content (AvgIpc) is 2.82. The number of rotatable bonds is 11. The van der Waals surface area contributed by atoms with Crippen LogP contribution in [0.5, 0.6) is 5.75 Å². The van der Waals surface area contributed by atoms with Crippen molar-refractivity contribution < 1.29 is 18.0 Å². The first-order valence-electron chi connectivity index (χ1n) is 11.2. The fourth-order valence-corrected chi connectivity index (χ4v) is 5.02. The molecule has 0 aliphatic heterocycles. The number of hydrogen-bond donors (Lipinski definition) is 1. The van der Waals surface area contributed by atoms with E-state index in [1.165, 1.54) is 73.7 Å². The zero-order valence-electron chi connectivity index (χ0n) is 19.2. The van der Waals surface area contributed by atoms with Gasteiger partial charge in [-0.3, -0.25) is 4.79 Å². The predicted molar refractivity (Wildman–Crippen MR) is 140 cm³/mol. The van der Waals surface area contributed by atoms with Gasteiger partial charge in [-0.25, -0.2) is 13.1 Å². The molecule has 0 radical (unpaired) electrons. The molecule has 1 N–H and O–H groups in total.